The first-order valence-electron chi connectivity index (χ1n) is 12.2. The van der Waals surface area contributed by atoms with E-state index in [0.717, 1.165) is 24.6 Å². The number of hydrogen-bond acceptors (Lipinski definition) is 8. The highest BCUT2D eigenvalue weighted by molar-refractivity contribution is 5.89. The highest BCUT2D eigenvalue weighted by Crippen LogP contribution is 2.33. The van der Waals surface area contributed by atoms with Gasteiger partial charge in [-0.3, -0.25) is 4.90 Å². The van der Waals surface area contributed by atoms with Crippen molar-refractivity contribution in [3.8, 4) is 17.0 Å². The largest absolute Gasteiger partial charge is 0.479 e. The minimum absolute atomic E-state index is 0.266. The van der Waals surface area contributed by atoms with Crippen molar-refractivity contribution < 1.29 is 22.6 Å². The van der Waals surface area contributed by atoms with Crippen molar-refractivity contribution in [3.63, 3.8) is 0 Å². The molecule has 4 aromatic rings. The standard InChI is InChI=1S/C24H27F3N8O2/c1-24(26,27)13-35-20-9-14(3-4-19(20)30-32-35)16-5-8-34-21(16)22(36-2)29-23(31-34)28-18-6-7-33(10-17(18)25)15-11-37-12-15/h3-5,8-9,15,17-18H,6-7,10-13H2,1-2H3,(H,28,31)/t17-,18+/m1/s1. The Morgan fingerprint density at radius 1 is 1.24 bits per heavy atom. The number of rotatable bonds is 7. The summed E-state index contributed by atoms with van der Waals surface area (Å²) >= 11 is 0. The maximum absolute atomic E-state index is 15.0. The molecule has 0 bridgehead atoms. The first-order chi connectivity index (χ1) is 17.8. The fourth-order valence-corrected chi connectivity index (χ4v) is 4.96. The van der Waals surface area contributed by atoms with Gasteiger partial charge in [-0.15, -0.1) is 10.2 Å². The van der Waals surface area contributed by atoms with Gasteiger partial charge in [-0.1, -0.05) is 11.3 Å². The molecule has 1 N–H and O–H groups in total. The van der Waals surface area contributed by atoms with Crippen LogP contribution in [0, 0.1) is 0 Å². The lowest BCUT2D eigenvalue weighted by Gasteiger charge is -2.42. The first-order valence-corrected chi connectivity index (χ1v) is 12.2. The molecule has 196 valence electrons. The smallest absolute Gasteiger partial charge is 0.264 e. The second kappa shape index (κ2) is 9.14. The van der Waals surface area contributed by atoms with E-state index in [1.807, 2.05) is 12.1 Å². The maximum atomic E-state index is 15.0. The van der Waals surface area contributed by atoms with Crippen molar-refractivity contribution in [2.24, 2.45) is 0 Å². The number of halogens is 3. The minimum Gasteiger partial charge on any atom is -0.479 e. The number of nitrogens with zero attached hydrogens (tertiary/aromatic N) is 7. The third kappa shape index (κ3) is 4.57. The van der Waals surface area contributed by atoms with Crippen LogP contribution in [-0.4, -0.2) is 92.1 Å². The van der Waals surface area contributed by atoms with E-state index in [2.05, 4.69) is 30.6 Å². The third-order valence-corrected chi connectivity index (χ3v) is 6.95. The predicted octanol–water partition coefficient (Wildman–Crippen LogP) is 3.03. The van der Waals surface area contributed by atoms with E-state index in [4.69, 9.17) is 9.47 Å². The molecule has 37 heavy (non-hydrogen) atoms. The van der Waals surface area contributed by atoms with E-state index in [-0.39, 0.29) is 5.95 Å². The van der Waals surface area contributed by atoms with E-state index in [1.54, 1.807) is 22.8 Å². The number of hydrogen-bond donors (Lipinski definition) is 1. The van der Waals surface area contributed by atoms with Crippen LogP contribution >= 0.6 is 0 Å². The zero-order valence-electron chi connectivity index (χ0n) is 20.4. The highest BCUT2D eigenvalue weighted by Gasteiger charge is 2.35. The summed E-state index contributed by atoms with van der Waals surface area (Å²) in [5.41, 5.74) is 3.11. The minimum atomic E-state index is -2.93. The van der Waals surface area contributed by atoms with Crippen LogP contribution < -0.4 is 10.1 Å². The van der Waals surface area contributed by atoms with Crippen molar-refractivity contribution in [1.29, 1.82) is 0 Å². The summed E-state index contributed by atoms with van der Waals surface area (Å²) in [4.78, 5) is 6.65. The maximum Gasteiger partial charge on any atom is 0.264 e. The average Bonchev–Trinajstić information content (AvgIpc) is 3.42. The molecular weight excluding hydrogens is 489 g/mol. The Morgan fingerprint density at radius 3 is 2.78 bits per heavy atom. The lowest BCUT2D eigenvalue weighted by atomic mass is 10.0. The van der Waals surface area contributed by atoms with Crippen molar-refractivity contribution in [3.05, 3.63) is 30.5 Å². The van der Waals surface area contributed by atoms with Gasteiger partial charge < -0.3 is 14.8 Å². The molecule has 2 atom stereocenters. The molecule has 0 saturated carbocycles. The van der Waals surface area contributed by atoms with Gasteiger partial charge in [0, 0.05) is 31.8 Å². The molecule has 0 spiro atoms. The quantitative estimate of drug-likeness (QED) is 0.401. The Hall–Kier alpha value is -3.45. The van der Waals surface area contributed by atoms with Gasteiger partial charge in [-0.25, -0.2) is 22.4 Å². The Labute approximate surface area is 210 Å². The van der Waals surface area contributed by atoms with Crippen molar-refractivity contribution in [1.82, 2.24) is 34.5 Å². The van der Waals surface area contributed by atoms with E-state index in [1.165, 1.54) is 11.8 Å². The lowest BCUT2D eigenvalue weighted by Crippen LogP contribution is -2.57. The molecule has 13 heteroatoms. The molecule has 0 amide bonds. The number of likely N-dealkylation sites (tertiary alicyclic amines) is 1. The van der Waals surface area contributed by atoms with Crippen LogP contribution in [0.1, 0.15) is 13.3 Å². The molecule has 2 saturated heterocycles. The molecule has 2 aliphatic heterocycles. The van der Waals surface area contributed by atoms with Crippen LogP contribution in [0.3, 0.4) is 0 Å². The summed E-state index contributed by atoms with van der Waals surface area (Å²) in [5.74, 6) is -2.35. The Morgan fingerprint density at radius 2 is 2.08 bits per heavy atom. The molecular formula is C24H27F3N8O2. The molecule has 3 aromatic heterocycles. The SMILES string of the molecule is COc1nc(N[C@H]2CCN(C3COC3)C[C@H]2F)nn2ccc(-c3ccc4nnn(CC(C)(F)F)c4c3)c12. The number of nitrogens with one attached hydrogen (secondary N) is 1. The number of alkyl halides is 3. The Bertz CT molecular complexity index is 1430. The van der Waals surface area contributed by atoms with E-state index in [9.17, 15) is 13.2 Å². The summed E-state index contributed by atoms with van der Waals surface area (Å²) in [6, 6.07) is 7.06. The summed E-state index contributed by atoms with van der Waals surface area (Å²) in [5, 5.41) is 15.6. The van der Waals surface area contributed by atoms with Gasteiger partial charge in [0.25, 0.3) is 5.92 Å². The highest BCUT2D eigenvalue weighted by atomic mass is 19.3. The fourth-order valence-electron chi connectivity index (χ4n) is 4.96. The molecule has 10 nitrogen and oxygen atoms in total. The molecule has 6 rings (SSSR count). The van der Waals surface area contributed by atoms with Crippen LogP contribution in [0.2, 0.25) is 0 Å². The number of methoxy groups -OCH3 is 1. The summed E-state index contributed by atoms with van der Waals surface area (Å²) in [6.45, 7) is 2.71. The van der Waals surface area contributed by atoms with Crippen LogP contribution in [0.25, 0.3) is 27.7 Å². The van der Waals surface area contributed by atoms with Crippen LogP contribution in [0.4, 0.5) is 19.1 Å². The number of ether oxygens (including phenoxy) is 2. The Balaban J connectivity index is 1.28. The van der Waals surface area contributed by atoms with Gasteiger partial charge in [-0.05, 0) is 30.2 Å². The number of aromatic nitrogens is 6. The van der Waals surface area contributed by atoms with Crippen LogP contribution in [0.15, 0.2) is 30.5 Å². The molecule has 0 aliphatic carbocycles. The average molecular weight is 517 g/mol. The second-order valence-electron chi connectivity index (χ2n) is 9.73. The Kier molecular flexibility index (Phi) is 5.91. The number of anilines is 1. The van der Waals surface area contributed by atoms with Crippen molar-refractivity contribution >= 4 is 22.5 Å². The first kappa shape index (κ1) is 23.9. The molecule has 2 fully saturated rings. The zero-order valence-corrected chi connectivity index (χ0v) is 20.4. The number of benzene rings is 1. The normalized spacial score (nSPS) is 21.4. The summed E-state index contributed by atoms with van der Waals surface area (Å²) < 4.78 is 55.9. The topological polar surface area (TPSA) is 94.6 Å². The predicted molar refractivity (Wildman–Crippen MR) is 130 cm³/mol. The van der Waals surface area contributed by atoms with Gasteiger partial charge in [0.1, 0.15) is 23.7 Å². The van der Waals surface area contributed by atoms with Gasteiger partial charge in [0.05, 0.1) is 37.9 Å². The molecule has 2 aliphatic rings. The van der Waals surface area contributed by atoms with Gasteiger partial charge in [0.2, 0.25) is 11.8 Å². The van der Waals surface area contributed by atoms with Gasteiger partial charge in [0.15, 0.2) is 0 Å². The number of piperidine rings is 1. The van der Waals surface area contributed by atoms with Crippen molar-refractivity contribution in [2.75, 3.05) is 38.7 Å². The monoisotopic (exact) mass is 516 g/mol. The molecule has 1 aromatic carbocycles. The summed E-state index contributed by atoms with van der Waals surface area (Å²) in [7, 11) is 1.51. The molecule has 0 unspecified atom stereocenters. The van der Waals surface area contributed by atoms with Gasteiger partial charge >= 0.3 is 0 Å². The lowest BCUT2D eigenvalue weighted by molar-refractivity contribution is -0.0794. The van der Waals surface area contributed by atoms with E-state index >= 15 is 0 Å². The summed E-state index contributed by atoms with van der Waals surface area (Å²) in [6.07, 6.45) is 1.31. The fraction of sp³-hybridized carbons (Fsp3) is 0.500. The second-order valence-corrected chi connectivity index (χ2v) is 9.73. The third-order valence-electron chi connectivity index (χ3n) is 6.95. The van der Waals surface area contributed by atoms with E-state index in [0.29, 0.717) is 54.7 Å². The number of fused-ring (bicyclic) bond motifs is 2. The van der Waals surface area contributed by atoms with Gasteiger partial charge in [-0.2, -0.15) is 4.98 Å². The zero-order chi connectivity index (χ0) is 25.7. The van der Waals surface area contributed by atoms with Crippen LogP contribution in [0.5, 0.6) is 5.88 Å². The molecule has 5 heterocycles. The van der Waals surface area contributed by atoms with E-state index < -0.39 is 24.7 Å². The van der Waals surface area contributed by atoms with Crippen LogP contribution in [-0.2, 0) is 11.3 Å². The molecule has 0 radical (unpaired) electrons. The van der Waals surface area contributed by atoms with Crippen molar-refractivity contribution in [2.45, 2.75) is 44.1 Å².